The normalized spacial score (nSPS) is 15.3. The molecule has 2 heteroatoms. The molecule has 0 N–H and O–H groups in total. The molecule has 0 saturated heterocycles. The first-order valence-corrected chi connectivity index (χ1v) is 14.0. The van der Waals surface area contributed by atoms with Crippen LogP contribution in [0.1, 0.15) is 121 Å². The molecule has 0 aliphatic heterocycles. The highest BCUT2D eigenvalue weighted by atomic mass is 16.5. The lowest BCUT2D eigenvalue weighted by atomic mass is 9.66. The van der Waals surface area contributed by atoms with Gasteiger partial charge in [-0.2, -0.15) is 0 Å². The van der Waals surface area contributed by atoms with Crippen molar-refractivity contribution in [2.75, 3.05) is 0 Å². The lowest BCUT2D eigenvalue weighted by Crippen LogP contribution is -2.29. The fourth-order valence-corrected chi connectivity index (χ4v) is 5.70. The van der Waals surface area contributed by atoms with Gasteiger partial charge in [-0.25, -0.2) is 0 Å². The first-order chi connectivity index (χ1) is 16.6. The Kier molecular flexibility index (Phi) is 10.7. The highest BCUT2D eigenvalue weighted by molar-refractivity contribution is 5.73. The van der Waals surface area contributed by atoms with Crippen molar-refractivity contribution < 1.29 is 9.53 Å². The molecule has 0 aromatic heterocycles. The Morgan fingerprint density at radius 3 is 2.18 bits per heavy atom. The van der Waals surface area contributed by atoms with Gasteiger partial charge in [0, 0.05) is 6.42 Å². The summed E-state index contributed by atoms with van der Waals surface area (Å²) >= 11 is 0. The summed E-state index contributed by atoms with van der Waals surface area (Å²) in [4.78, 5) is 12.1. The van der Waals surface area contributed by atoms with Gasteiger partial charge >= 0.3 is 5.97 Å². The van der Waals surface area contributed by atoms with E-state index in [9.17, 15) is 4.79 Å². The van der Waals surface area contributed by atoms with Gasteiger partial charge < -0.3 is 4.74 Å². The van der Waals surface area contributed by atoms with E-state index in [0.29, 0.717) is 17.6 Å². The van der Waals surface area contributed by atoms with Crippen molar-refractivity contribution in [3.05, 3.63) is 53.6 Å². The highest BCUT2D eigenvalue weighted by Gasteiger charge is 2.33. The van der Waals surface area contributed by atoms with Crippen LogP contribution in [0, 0.1) is 6.92 Å². The zero-order chi connectivity index (χ0) is 24.2. The van der Waals surface area contributed by atoms with E-state index in [1.807, 2.05) is 12.1 Å². The third-order valence-electron chi connectivity index (χ3n) is 7.79. The minimum Gasteiger partial charge on any atom is -0.427 e. The molecule has 1 saturated carbocycles. The van der Waals surface area contributed by atoms with E-state index >= 15 is 0 Å². The quantitative estimate of drug-likeness (QED) is 0.168. The van der Waals surface area contributed by atoms with Crippen LogP contribution in [-0.2, 0) is 10.2 Å². The SMILES string of the molecule is CCCCCCCC(=O)Oc1ccc(-c2ccc(C3(CCCCC)CCCCC3)cc2C)cc1. The van der Waals surface area contributed by atoms with Gasteiger partial charge in [0.15, 0.2) is 0 Å². The van der Waals surface area contributed by atoms with E-state index in [2.05, 4.69) is 51.1 Å². The van der Waals surface area contributed by atoms with Crippen molar-refractivity contribution in [3.63, 3.8) is 0 Å². The average Bonchev–Trinajstić information content (AvgIpc) is 2.85. The van der Waals surface area contributed by atoms with Gasteiger partial charge in [0.2, 0.25) is 0 Å². The van der Waals surface area contributed by atoms with Crippen LogP contribution in [-0.4, -0.2) is 5.97 Å². The standard InChI is InChI=1S/C32H46O2/c1-4-6-8-9-11-15-31(33)34-29-19-16-27(17-20-29)30-21-18-28(25-26(30)3)32(22-12-7-5-2)23-13-10-14-24-32/h16-21,25H,4-15,22-24H2,1-3H3. The maximum atomic E-state index is 12.1. The minimum atomic E-state index is -0.120. The molecule has 34 heavy (non-hydrogen) atoms. The number of unbranched alkanes of at least 4 members (excludes halogenated alkanes) is 6. The summed E-state index contributed by atoms with van der Waals surface area (Å²) in [6.07, 6.45) is 18.3. The van der Waals surface area contributed by atoms with Crippen LogP contribution < -0.4 is 4.74 Å². The number of carbonyl (C=O) groups is 1. The predicted octanol–water partition coefficient (Wildman–Crippen LogP) is 9.71. The molecule has 1 fully saturated rings. The van der Waals surface area contributed by atoms with Crippen molar-refractivity contribution >= 4 is 5.97 Å². The van der Waals surface area contributed by atoms with Crippen molar-refractivity contribution in [1.82, 2.24) is 0 Å². The van der Waals surface area contributed by atoms with Crippen molar-refractivity contribution in [2.45, 2.75) is 122 Å². The van der Waals surface area contributed by atoms with Gasteiger partial charge in [-0.1, -0.05) is 108 Å². The molecule has 1 aliphatic rings. The number of esters is 1. The molecule has 3 rings (SSSR count). The summed E-state index contributed by atoms with van der Waals surface area (Å²) in [5.41, 5.74) is 5.73. The molecular formula is C32H46O2. The number of benzene rings is 2. The third kappa shape index (κ3) is 7.45. The van der Waals surface area contributed by atoms with Gasteiger partial charge in [-0.15, -0.1) is 0 Å². The largest absolute Gasteiger partial charge is 0.427 e. The van der Waals surface area contributed by atoms with E-state index in [-0.39, 0.29) is 5.97 Å². The minimum absolute atomic E-state index is 0.120. The molecule has 0 amide bonds. The monoisotopic (exact) mass is 462 g/mol. The molecule has 186 valence electrons. The summed E-state index contributed by atoms with van der Waals surface area (Å²) in [6, 6.07) is 15.2. The lowest BCUT2D eigenvalue weighted by Gasteiger charge is -2.38. The van der Waals surface area contributed by atoms with Crippen LogP contribution >= 0.6 is 0 Å². The zero-order valence-electron chi connectivity index (χ0n) is 22.0. The predicted molar refractivity (Wildman–Crippen MR) is 145 cm³/mol. The summed E-state index contributed by atoms with van der Waals surface area (Å²) < 4.78 is 5.56. The first kappa shape index (κ1) is 26.5. The van der Waals surface area contributed by atoms with Gasteiger partial charge in [0.1, 0.15) is 5.75 Å². The molecule has 0 spiro atoms. The molecule has 0 atom stereocenters. The topological polar surface area (TPSA) is 26.3 Å². The molecule has 2 aromatic rings. The van der Waals surface area contributed by atoms with Crippen LogP contribution in [0.2, 0.25) is 0 Å². The van der Waals surface area contributed by atoms with Crippen LogP contribution in [0.15, 0.2) is 42.5 Å². The number of hydrogen-bond donors (Lipinski definition) is 0. The van der Waals surface area contributed by atoms with E-state index in [1.165, 1.54) is 93.7 Å². The highest BCUT2D eigenvalue weighted by Crippen LogP contribution is 2.44. The molecule has 2 nitrogen and oxygen atoms in total. The van der Waals surface area contributed by atoms with Crippen LogP contribution in [0.5, 0.6) is 5.75 Å². The van der Waals surface area contributed by atoms with Gasteiger partial charge in [-0.3, -0.25) is 4.79 Å². The van der Waals surface area contributed by atoms with E-state index in [0.717, 1.165) is 12.8 Å². The molecule has 0 radical (unpaired) electrons. The number of rotatable bonds is 13. The zero-order valence-corrected chi connectivity index (χ0v) is 22.0. The van der Waals surface area contributed by atoms with Crippen LogP contribution in [0.3, 0.4) is 0 Å². The Hall–Kier alpha value is -2.09. The first-order valence-electron chi connectivity index (χ1n) is 14.0. The van der Waals surface area contributed by atoms with Gasteiger partial charge in [0.05, 0.1) is 0 Å². The Labute approximate surface area is 208 Å². The Morgan fingerprint density at radius 2 is 1.50 bits per heavy atom. The second-order valence-electron chi connectivity index (χ2n) is 10.5. The Balaban J connectivity index is 1.64. The molecule has 0 unspecified atom stereocenters. The fourth-order valence-electron chi connectivity index (χ4n) is 5.70. The molecule has 0 heterocycles. The van der Waals surface area contributed by atoms with Gasteiger partial charge in [-0.05, 0) is 72.4 Å². The van der Waals surface area contributed by atoms with Gasteiger partial charge in [0.25, 0.3) is 0 Å². The van der Waals surface area contributed by atoms with E-state index < -0.39 is 0 Å². The summed E-state index contributed by atoms with van der Waals surface area (Å²) in [5, 5.41) is 0. The summed E-state index contributed by atoms with van der Waals surface area (Å²) in [6.45, 7) is 6.75. The molecule has 2 aromatic carbocycles. The van der Waals surface area contributed by atoms with Crippen LogP contribution in [0.4, 0.5) is 0 Å². The second kappa shape index (κ2) is 13.7. The smallest absolute Gasteiger partial charge is 0.311 e. The lowest BCUT2D eigenvalue weighted by molar-refractivity contribution is -0.134. The number of carbonyl (C=O) groups excluding carboxylic acids is 1. The van der Waals surface area contributed by atoms with E-state index in [4.69, 9.17) is 4.74 Å². The second-order valence-corrected chi connectivity index (χ2v) is 10.5. The molecule has 1 aliphatic carbocycles. The Bertz CT molecular complexity index is 874. The summed E-state index contributed by atoms with van der Waals surface area (Å²) in [7, 11) is 0. The van der Waals surface area contributed by atoms with E-state index in [1.54, 1.807) is 5.56 Å². The Morgan fingerprint density at radius 1 is 0.824 bits per heavy atom. The molecule has 0 bridgehead atoms. The average molecular weight is 463 g/mol. The van der Waals surface area contributed by atoms with Crippen molar-refractivity contribution in [2.24, 2.45) is 0 Å². The summed E-state index contributed by atoms with van der Waals surface area (Å²) in [5.74, 6) is 0.527. The van der Waals surface area contributed by atoms with Crippen LogP contribution in [0.25, 0.3) is 11.1 Å². The molecular weight excluding hydrogens is 416 g/mol. The maximum absolute atomic E-state index is 12.1. The fraction of sp³-hybridized carbons (Fsp3) is 0.594. The number of aryl methyl sites for hydroxylation is 1. The van der Waals surface area contributed by atoms with Crippen molar-refractivity contribution in [3.8, 4) is 16.9 Å². The number of hydrogen-bond acceptors (Lipinski definition) is 2. The number of ether oxygens (including phenoxy) is 1. The third-order valence-corrected chi connectivity index (χ3v) is 7.79. The maximum Gasteiger partial charge on any atom is 0.311 e. The van der Waals surface area contributed by atoms with Crippen molar-refractivity contribution in [1.29, 1.82) is 0 Å².